The third-order valence-electron chi connectivity index (χ3n) is 4.82. The van der Waals surface area contributed by atoms with E-state index in [9.17, 15) is 45.3 Å². The van der Waals surface area contributed by atoms with Crippen LogP contribution in [0.4, 0.5) is 0 Å². The normalized spacial score (nSPS) is 45.2. The summed E-state index contributed by atoms with van der Waals surface area (Å²) in [6.45, 7) is 1.25. The summed E-state index contributed by atoms with van der Waals surface area (Å²) in [5.74, 6) is -2.55. The molecule has 2 fully saturated rings. The number of nitrogens with one attached hydrogen (secondary N) is 1. The zero-order valence-electron chi connectivity index (χ0n) is 16.0. The van der Waals surface area contributed by atoms with Gasteiger partial charge in [-0.25, -0.2) is 0 Å². The van der Waals surface area contributed by atoms with E-state index in [4.69, 9.17) is 14.2 Å². The standard InChI is InChI=1S/C15H25NO12.Na/c1-4(18)16-6-10(7(19)5(3-17)26-12(6)23)27-13-9(21)8(20)11(22)15(2,28-13)14(24)25;/h5-13,17,19-23H,3H2,1-2H3,(H,16,18)(H,24,25);/q;+1/p-1/t5?,6?,7-,8+,9?,10+,11+,12-,13-,15?;/m1./s1. The number of amides is 1. The van der Waals surface area contributed by atoms with Crippen molar-refractivity contribution < 1.29 is 89.1 Å². The number of aliphatic hydroxyl groups is 6. The van der Waals surface area contributed by atoms with Crippen molar-refractivity contribution in [3.63, 3.8) is 0 Å². The van der Waals surface area contributed by atoms with Crippen LogP contribution in [0, 0.1) is 0 Å². The van der Waals surface area contributed by atoms with Gasteiger partial charge in [0.2, 0.25) is 5.91 Å². The van der Waals surface area contributed by atoms with Crippen molar-refractivity contribution in [2.45, 2.75) is 74.7 Å². The van der Waals surface area contributed by atoms with E-state index in [2.05, 4.69) is 5.32 Å². The van der Waals surface area contributed by atoms with Crippen molar-refractivity contribution >= 4 is 11.9 Å². The molecule has 0 aromatic heterocycles. The number of carbonyl (C=O) groups excluding carboxylic acids is 2. The van der Waals surface area contributed by atoms with Crippen molar-refractivity contribution in [2.75, 3.05) is 6.61 Å². The number of carboxylic acid groups (broad SMARTS) is 1. The molecule has 14 heteroatoms. The summed E-state index contributed by atoms with van der Waals surface area (Å²) in [5.41, 5.74) is -2.47. The van der Waals surface area contributed by atoms with Gasteiger partial charge >= 0.3 is 29.6 Å². The van der Waals surface area contributed by atoms with E-state index in [1.807, 2.05) is 0 Å². The van der Waals surface area contributed by atoms with Gasteiger partial charge < -0.3 is 60.1 Å². The minimum Gasteiger partial charge on any atom is -0.547 e. The first-order valence-corrected chi connectivity index (χ1v) is 8.42. The minimum absolute atomic E-state index is 0. The van der Waals surface area contributed by atoms with Crippen LogP contribution in [0.1, 0.15) is 13.8 Å². The summed E-state index contributed by atoms with van der Waals surface area (Å²) in [7, 11) is 0. The minimum atomic E-state index is -2.47. The van der Waals surface area contributed by atoms with Crippen LogP contribution >= 0.6 is 0 Å². The maximum Gasteiger partial charge on any atom is 1.00 e. The Kier molecular flexibility index (Phi) is 9.42. The summed E-state index contributed by atoms with van der Waals surface area (Å²) in [4.78, 5) is 22.8. The van der Waals surface area contributed by atoms with Crippen LogP contribution in [0.5, 0.6) is 0 Å². The Morgan fingerprint density at radius 2 is 1.72 bits per heavy atom. The Bertz CT molecular complexity index is 596. The first kappa shape index (κ1) is 26.6. The van der Waals surface area contributed by atoms with Gasteiger partial charge in [-0.3, -0.25) is 4.79 Å². The van der Waals surface area contributed by atoms with Crippen LogP contribution in [-0.4, -0.2) is 110 Å². The van der Waals surface area contributed by atoms with Crippen LogP contribution in [-0.2, 0) is 23.8 Å². The molecular formula is C15H24NNaO12. The third kappa shape index (κ3) is 5.26. The van der Waals surface area contributed by atoms with Crippen LogP contribution in [0.2, 0.25) is 0 Å². The molecule has 2 aliphatic rings. The van der Waals surface area contributed by atoms with Gasteiger partial charge in [-0.1, -0.05) is 0 Å². The van der Waals surface area contributed by atoms with Gasteiger partial charge in [0, 0.05) is 6.92 Å². The molecule has 2 saturated heterocycles. The first-order chi connectivity index (χ1) is 12.9. The molecule has 2 heterocycles. The smallest absolute Gasteiger partial charge is 0.547 e. The molecule has 13 nitrogen and oxygen atoms in total. The van der Waals surface area contributed by atoms with E-state index in [0.717, 1.165) is 13.8 Å². The average Bonchev–Trinajstić information content (AvgIpc) is 2.62. The summed E-state index contributed by atoms with van der Waals surface area (Å²) in [6.07, 6.45) is -14.2. The second-order valence-electron chi connectivity index (χ2n) is 6.87. The zero-order chi connectivity index (χ0) is 21.4. The maximum atomic E-state index is 11.4. The fraction of sp³-hybridized carbons (Fsp3) is 0.867. The Morgan fingerprint density at radius 1 is 1.14 bits per heavy atom. The van der Waals surface area contributed by atoms with E-state index in [0.29, 0.717) is 0 Å². The number of carbonyl (C=O) groups is 2. The summed E-state index contributed by atoms with van der Waals surface area (Å²) >= 11 is 0. The van der Waals surface area contributed by atoms with Gasteiger partial charge in [0.15, 0.2) is 12.6 Å². The van der Waals surface area contributed by atoms with Gasteiger partial charge in [0.1, 0.15) is 48.3 Å². The third-order valence-corrected chi connectivity index (χ3v) is 4.82. The zero-order valence-corrected chi connectivity index (χ0v) is 18.0. The second kappa shape index (κ2) is 10.3. The maximum absolute atomic E-state index is 11.4. The van der Waals surface area contributed by atoms with Crippen LogP contribution in [0.15, 0.2) is 0 Å². The number of hydrogen-bond donors (Lipinski definition) is 7. The predicted octanol–water partition coefficient (Wildman–Crippen LogP) is -9.10. The Morgan fingerprint density at radius 3 is 2.21 bits per heavy atom. The fourth-order valence-electron chi connectivity index (χ4n) is 3.12. The molecule has 0 radical (unpaired) electrons. The van der Waals surface area contributed by atoms with Crippen molar-refractivity contribution in [3.8, 4) is 0 Å². The largest absolute Gasteiger partial charge is 1.00 e. The molecule has 1 amide bonds. The molecule has 2 rings (SSSR count). The molecule has 7 N–H and O–H groups in total. The van der Waals surface area contributed by atoms with E-state index in [-0.39, 0.29) is 29.6 Å². The van der Waals surface area contributed by atoms with Crippen molar-refractivity contribution in [3.05, 3.63) is 0 Å². The molecule has 10 atom stereocenters. The van der Waals surface area contributed by atoms with Crippen LogP contribution in [0.3, 0.4) is 0 Å². The Labute approximate surface area is 187 Å². The van der Waals surface area contributed by atoms with Gasteiger partial charge in [0.05, 0.1) is 12.6 Å². The summed E-state index contributed by atoms with van der Waals surface area (Å²) in [6, 6.07) is -1.40. The molecule has 29 heavy (non-hydrogen) atoms. The number of hydrogen-bond acceptors (Lipinski definition) is 12. The Hall–Kier alpha value is -0.420. The molecule has 0 spiro atoms. The van der Waals surface area contributed by atoms with Crippen molar-refractivity contribution in [2.24, 2.45) is 0 Å². The van der Waals surface area contributed by atoms with Gasteiger partial charge in [0.25, 0.3) is 0 Å². The number of ether oxygens (including phenoxy) is 3. The van der Waals surface area contributed by atoms with Gasteiger partial charge in [-0.2, -0.15) is 0 Å². The SMILES string of the molecule is CC(=O)NC1[C@H](O)OC(CO)[C@@H](O)[C@H]1O[C@@H]1OC(C)(C(=O)[O-])[C@@H](O)[C@@H](O)C1O.[Na+]. The van der Waals surface area contributed by atoms with Crippen LogP contribution in [0.25, 0.3) is 0 Å². The molecular weight excluding hydrogens is 409 g/mol. The molecule has 4 unspecified atom stereocenters. The molecule has 0 saturated carbocycles. The summed E-state index contributed by atoms with van der Waals surface area (Å²) < 4.78 is 15.5. The first-order valence-electron chi connectivity index (χ1n) is 8.42. The van der Waals surface area contributed by atoms with E-state index in [1.165, 1.54) is 0 Å². The number of aliphatic carboxylic acids is 1. The van der Waals surface area contributed by atoms with Gasteiger partial charge in [-0.15, -0.1) is 0 Å². The van der Waals surface area contributed by atoms with E-state index in [1.54, 1.807) is 0 Å². The van der Waals surface area contributed by atoms with Crippen LogP contribution < -0.4 is 40.0 Å². The number of rotatable bonds is 5. The predicted molar refractivity (Wildman–Crippen MR) is 82.8 cm³/mol. The molecule has 0 aromatic carbocycles. The van der Waals surface area contributed by atoms with Crippen molar-refractivity contribution in [1.29, 1.82) is 0 Å². The molecule has 0 aliphatic carbocycles. The van der Waals surface area contributed by atoms with E-state index >= 15 is 0 Å². The quantitative estimate of drug-likeness (QED) is 0.201. The summed E-state index contributed by atoms with van der Waals surface area (Å²) in [5, 5.41) is 73.3. The van der Waals surface area contributed by atoms with Gasteiger partial charge in [-0.05, 0) is 6.92 Å². The molecule has 0 aromatic rings. The average molecular weight is 433 g/mol. The fourth-order valence-corrected chi connectivity index (χ4v) is 3.12. The molecule has 0 bridgehead atoms. The molecule has 162 valence electrons. The number of carboxylic acids is 1. The molecule has 2 aliphatic heterocycles. The van der Waals surface area contributed by atoms with E-state index < -0.39 is 79.3 Å². The second-order valence-corrected chi connectivity index (χ2v) is 6.87. The number of aliphatic hydroxyl groups excluding tert-OH is 6. The Balaban J connectivity index is 0.00000420. The topological polar surface area (TPSA) is 218 Å². The monoisotopic (exact) mass is 433 g/mol. The van der Waals surface area contributed by atoms with Crippen molar-refractivity contribution in [1.82, 2.24) is 5.32 Å².